The first kappa shape index (κ1) is 15.7. The van der Waals surface area contributed by atoms with E-state index in [0.29, 0.717) is 18.6 Å². The average Bonchev–Trinajstić information content (AvgIpc) is 2.95. The van der Waals surface area contributed by atoms with Gasteiger partial charge in [-0.2, -0.15) is 0 Å². The van der Waals surface area contributed by atoms with Gasteiger partial charge in [0.05, 0.1) is 19.3 Å². The molecular weight excluding hydrogens is 290 g/mol. The standard InChI is InChI=1S/C17H23N5O/c1-12(2)21-16-8-17(20-11-19-16)22-15-10-23-9-14(15)7-13-3-5-18-6-4-13/h3-6,8,11-12,14-15H,7,9-10H2,1-2H3,(H2,19,20,21,22)/t14-,15-/m1/s1. The molecule has 0 saturated carbocycles. The Morgan fingerprint density at radius 1 is 1.17 bits per heavy atom. The zero-order valence-electron chi connectivity index (χ0n) is 13.6. The molecule has 0 spiro atoms. The molecule has 2 N–H and O–H groups in total. The van der Waals surface area contributed by atoms with E-state index < -0.39 is 0 Å². The van der Waals surface area contributed by atoms with Crippen molar-refractivity contribution < 1.29 is 4.74 Å². The zero-order chi connectivity index (χ0) is 16.1. The van der Waals surface area contributed by atoms with Crippen LogP contribution in [0.2, 0.25) is 0 Å². The second-order valence-corrected chi connectivity index (χ2v) is 6.20. The molecule has 2 aromatic rings. The summed E-state index contributed by atoms with van der Waals surface area (Å²) < 4.78 is 5.67. The lowest BCUT2D eigenvalue weighted by atomic mass is 9.95. The summed E-state index contributed by atoms with van der Waals surface area (Å²) in [6.07, 6.45) is 6.23. The molecule has 3 heterocycles. The lowest BCUT2D eigenvalue weighted by Crippen LogP contribution is -2.29. The zero-order valence-corrected chi connectivity index (χ0v) is 13.6. The minimum atomic E-state index is 0.255. The number of aromatic nitrogens is 3. The van der Waals surface area contributed by atoms with Gasteiger partial charge in [-0.1, -0.05) is 0 Å². The van der Waals surface area contributed by atoms with Crippen LogP contribution in [0.5, 0.6) is 0 Å². The molecule has 0 amide bonds. The highest BCUT2D eigenvalue weighted by Gasteiger charge is 2.28. The number of ether oxygens (including phenoxy) is 1. The molecule has 23 heavy (non-hydrogen) atoms. The van der Waals surface area contributed by atoms with E-state index in [1.165, 1.54) is 5.56 Å². The molecule has 3 rings (SSSR count). The van der Waals surface area contributed by atoms with Crippen LogP contribution in [0.15, 0.2) is 36.9 Å². The Kier molecular flexibility index (Phi) is 5.02. The van der Waals surface area contributed by atoms with E-state index in [4.69, 9.17) is 4.74 Å². The summed E-state index contributed by atoms with van der Waals surface area (Å²) in [6.45, 7) is 5.64. The summed E-state index contributed by atoms with van der Waals surface area (Å²) in [7, 11) is 0. The highest BCUT2D eigenvalue weighted by molar-refractivity contribution is 5.47. The summed E-state index contributed by atoms with van der Waals surface area (Å²) in [5, 5.41) is 6.78. The van der Waals surface area contributed by atoms with Crippen molar-refractivity contribution in [1.82, 2.24) is 15.0 Å². The summed E-state index contributed by atoms with van der Waals surface area (Å²) in [4.78, 5) is 12.6. The fourth-order valence-electron chi connectivity index (χ4n) is 2.78. The number of pyridine rings is 1. The quantitative estimate of drug-likeness (QED) is 0.853. The van der Waals surface area contributed by atoms with E-state index in [1.807, 2.05) is 18.5 Å². The molecular formula is C17H23N5O. The van der Waals surface area contributed by atoms with E-state index >= 15 is 0 Å². The Hall–Kier alpha value is -2.21. The largest absolute Gasteiger partial charge is 0.379 e. The molecule has 1 fully saturated rings. The number of nitrogens with zero attached hydrogens (tertiary/aromatic N) is 3. The highest BCUT2D eigenvalue weighted by Crippen LogP contribution is 2.22. The third-order valence-electron chi connectivity index (χ3n) is 3.88. The molecule has 0 unspecified atom stereocenters. The second kappa shape index (κ2) is 7.37. The number of hydrogen-bond donors (Lipinski definition) is 2. The molecule has 1 saturated heterocycles. The van der Waals surface area contributed by atoms with Gasteiger partial charge in [0.2, 0.25) is 0 Å². The molecule has 6 heteroatoms. The molecule has 2 atom stereocenters. The maximum atomic E-state index is 5.67. The van der Waals surface area contributed by atoms with Gasteiger partial charge in [0.15, 0.2) is 0 Å². The normalized spacial score (nSPS) is 20.7. The number of anilines is 2. The predicted octanol–water partition coefficient (Wildman–Crippen LogP) is 2.36. The number of rotatable bonds is 6. The van der Waals surface area contributed by atoms with Crippen LogP contribution in [0.3, 0.4) is 0 Å². The molecule has 2 aromatic heterocycles. The van der Waals surface area contributed by atoms with Crippen LogP contribution in [-0.2, 0) is 11.2 Å². The van der Waals surface area contributed by atoms with Crippen molar-refractivity contribution in [2.45, 2.75) is 32.4 Å². The van der Waals surface area contributed by atoms with Crippen LogP contribution in [-0.4, -0.2) is 40.2 Å². The van der Waals surface area contributed by atoms with Gasteiger partial charge < -0.3 is 15.4 Å². The van der Waals surface area contributed by atoms with E-state index in [1.54, 1.807) is 6.33 Å². The maximum Gasteiger partial charge on any atom is 0.131 e. The van der Waals surface area contributed by atoms with E-state index in [9.17, 15) is 0 Å². The number of hydrogen-bond acceptors (Lipinski definition) is 6. The molecule has 0 aromatic carbocycles. The third kappa shape index (κ3) is 4.39. The molecule has 0 radical (unpaired) electrons. The van der Waals surface area contributed by atoms with E-state index in [2.05, 4.69) is 51.6 Å². The maximum absolute atomic E-state index is 5.67. The van der Waals surface area contributed by atoms with Gasteiger partial charge in [0.1, 0.15) is 18.0 Å². The van der Waals surface area contributed by atoms with E-state index in [-0.39, 0.29) is 6.04 Å². The molecule has 0 aliphatic carbocycles. The minimum absolute atomic E-state index is 0.255. The number of nitrogens with one attached hydrogen (secondary N) is 2. The smallest absolute Gasteiger partial charge is 0.131 e. The third-order valence-corrected chi connectivity index (χ3v) is 3.88. The van der Waals surface area contributed by atoms with Crippen LogP contribution in [0.4, 0.5) is 11.6 Å². The predicted molar refractivity (Wildman–Crippen MR) is 90.5 cm³/mol. The fourth-order valence-corrected chi connectivity index (χ4v) is 2.78. The molecule has 122 valence electrons. The van der Waals surface area contributed by atoms with Gasteiger partial charge in [0, 0.05) is 30.4 Å². The average molecular weight is 313 g/mol. The van der Waals surface area contributed by atoms with Crippen molar-refractivity contribution in [3.05, 3.63) is 42.5 Å². The van der Waals surface area contributed by atoms with Crippen molar-refractivity contribution in [2.24, 2.45) is 5.92 Å². The summed E-state index contributed by atoms with van der Waals surface area (Å²) in [6, 6.07) is 6.66. The molecule has 0 bridgehead atoms. The Bertz CT molecular complexity index is 619. The van der Waals surface area contributed by atoms with Gasteiger partial charge in [0.25, 0.3) is 0 Å². The summed E-state index contributed by atoms with van der Waals surface area (Å²) in [5.41, 5.74) is 1.28. The summed E-state index contributed by atoms with van der Waals surface area (Å²) in [5.74, 6) is 2.09. The monoisotopic (exact) mass is 313 g/mol. The van der Waals surface area contributed by atoms with Crippen LogP contribution < -0.4 is 10.6 Å². The van der Waals surface area contributed by atoms with Crippen LogP contribution in [0.25, 0.3) is 0 Å². The van der Waals surface area contributed by atoms with Crippen molar-refractivity contribution >= 4 is 11.6 Å². The molecule has 1 aliphatic heterocycles. The Balaban J connectivity index is 1.64. The molecule has 1 aliphatic rings. The Labute approximate surface area is 136 Å². The SMILES string of the molecule is CC(C)Nc1cc(N[C@@H]2COC[C@H]2Cc2ccncc2)ncn1. The van der Waals surface area contributed by atoms with Gasteiger partial charge >= 0.3 is 0 Å². The first-order chi connectivity index (χ1) is 11.2. The van der Waals surface area contributed by atoms with Crippen molar-refractivity contribution in [3.63, 3.8) is 0 Å². The Morgan fingerprint density at radius 2 is 1.96 bits per heavy atom. The second-order valence-electron chi connectivity index (χ2n) is 6.20. The van der Waals surface area contributed by atoms with Crippen molar-refractivity contribution in [2.75, 3.05) is 23.8 Å². The van der Waals surface area contributed by atoms with Crippen LogP contribution in [0, 0.1) is 5.92 Å². The fraction of sp³-hybridized carbons (Fsp3) is 0.471. The van der Waals surface area contributed by atoms with Crippen LogP contribution in [0.1, 0.15) is 19.4 Å². The molecule has 6 nitrogen and oxygen atoms in total. The van der Waals surface area contributed by atoms with Gasteiger partial charge in [-0.15, -0.1) is 0 Å². The van der Waals surface area contributed by atoms with Gasteiger partial charge in [-0.05, 0) is 38.0 Å². The lowest BCUT2D eigenvalue weighted by molar-refractivity contribution is 0.185. The van der Waals surface area contributed by atoms with Crippen molar-refractivity contribution in [1.29, 1.82) is 0 Å². The summed E-state index contributed by atoms with van der Waals surface area (Å²) >= 11 is 0. The van der Waals surface area contributed by atoms with Crippen molar-refractivity contribution in [3.8, 4) is 0 Å². The Morgan fingerprint density at radius 3 is 2.74 bits per heavy atom. The minimum Gasteiger partial charge on any atom is -0.379 e. The first-order valence-electron chi connectivity index (χ1n) is 8.02. The van der Waals surface area contributed by atoms with Gasteiger partial charge in [-0.25, -0.2) is 9.97 Å². The lowest BCUT2D eigenvalue weighted by Gasteiger charge is -2.20. The topological polar surface area (TPSA) is 72.0 Å². The van der Waals surface area contributed by atoms with Crippen LogP contribution >= 0.6 is 0 Å². The highest BCUT2D eigenvalue weighted by atomic mass is 16.5. The van der Waals surface area contributed by atoms with E-state index in [0.717, 1.165) is 24.7 Å². The first-order valence-corrected chi connectivity index (χ1v) is 8.02. The van der Waals surface area contributed by atoms with Gasteiger partial charge in [-0.3, -0.25) is 4.98 Å².